The largest absolute Gasteiger partial charge is 0.310 e. The van der Waals surface area contributed by atoms with E-state index in [1.54, 1.807) is 0 Å². The van der Waals surface area contributed by atoms with Crippen molar-refractivity contribution in [2.24, 2.45) is 0 Å². The zero-order valence-corrected chi connectivity index (χ0v) is 28.5. The molecule has 7 aromatic carbocycles. The van der Waals surface area contributed by atoms with Crippen LogP contribution in [0.15, 0.2) is 140 Å². The van der Waals surface area contributed by atoms with Gasteiger partial charge in [0.15, 0.2) is 0 Å². The van der Waals surface area contributed by atoms with Crippen LogP contribution >= 0.6 is 11.3 Å². The SMILES string of the molecule is CC1(C)c2ccccc2-c2cc(N(c3ccc4c(c3)C(C)(C)c3ccccc3-4)c3ccc4c(ccc5sc6ccccc6c54)c3)ccc21. The molecule has 1 heterocycles. The maximum atomic E-state index is 2.48. The summed E-state index contributed by atoms with van der Waals surface area (Å²) in [5, 5.41) is 5.27. The lowest BCUT2D eigenvalue weighted by molar-refractivity contribution is 0.660. The van der Waals surface area contributed by atoms with Crippen molar-refractivity contribution in [3.63, 3.8) is 0 Å². The Hall–Kier alpha value is -5.18. The van der Waals surface area contributed by atoms with Crippen LogP contribution in [0.5, 0.6) is 0 Å². The molecule has 10 rings (SSSR count). The second-order valence-corrected chi connectivity index (χ2v) is 15.7. The van der Waals surface area contributed by atoms with Crippen molar-refractivity contribution in [3.8, 4) is 22.3 Å². The average Bonchev–Trinajstić information content (AvgIpc) is 3.68. The second kappa shape index (κ2) is 9.69. The highest BCUT2D eigenvalue weighted by Gasteiger charge is 2.37. The van der Waals surface area contributed by atoms with Crippen molar-refractivity contribution in [3.05, 3.63) is 162 Å². The topological polar surface area (TPSA) is 3.24 Å². The Bertz CT molecular complexity index is 2630. The zero-order valence-electron chi connectivity index (χ0n) is 27.6. The van der Waals surface area contributed by atoms with Crippen molar-refractivity contribution in [1.29, 1.82) is 0 Å². The molecule has 1 aromatic heterocycles. The molecule has 2 aliphatic carbocycles. The van der Waals surface area contributed by atoms with Gasteiger partial charge in [0.05, 0.1) is 0 Å². The van der Waals surface area contributed by atoms with Gasteiger partial charge in [0, 0.05) is 48.1 Å². The molecule has 0 spiro atoms. The van der Waals surface area contributed by atoms with Gasteiger partial charge in [0.1, 0.15) is 0 Å². The Morgan fingerprint density at radius 3 is 1.81 bits per heavy atom. The summed E-state index contributed by atoms with van der Waals surface area (Å²) in [6.07, 6.45) is 0. The van der Waals surface area contributed by atoms with E-state index in [4.69, 9.17) is 0 Å². The zero-order chi connectivity index (χ0) is 32.4. The van der Waals surface area contributed by atoms with Gasteiger partial charge in [0.2, 0.25) is 0 Å². The molecule has 8 aromatic rings. The third-order valence-electron chi connectivity index (χ3n) is 11.3. The highest BCUT2D eigenvalue weighted by molar-refractivity contribution is 7.26. The van der Waals surface area contributed by atoms with Crippen LogP contribution in [0, 0.1) is 0 Å². The summed E-state index contributed by atoms with van der Waals surface area (Å²) in [6.45, 7) is 9.44. The molecule has 0 radical (unpaired) electrons. The van der Waals surface area contributed by atoms with Crippen LogP contribution in [0.3, 0.4) is 0 Å². The third-order valence-corrected chi connectivity index (χ3v) is 12.4. The van der Waals surface area contributed by atoms with E-state index in [2.05, 4.69) is 172 Å². The Kier molecular flexibility index (Phi) is 5.63. The molecule has 0 atom stereocenters. The molecular formula is C46H35NS. The van der Waals surface area contributed by atoms with Crippen molar-refractivity contribution in [1.82, 2.24) is 0 Å². The van der Waals surface area contributed by atoms with Gasteiger partial charge in [-0.05, 0) is 104 Å². The quantitative estimate of drug-likeness (QED) is 0.187. The third kappa shape index (κ3) is 3.72. The van der Waals surface area contributed by atoms with Gasteiger partial charge in [-0.3, -0.25) is 0 Å². The summed E-state index contributed by atoms with van der Waals surface area (Å²) in [6, 6.07) is 52.6. The monoisotopic (exact) mass is 633 g/mol. The summed E-state index contributed by atoms with van der Waals surface area (Å²) < 4.78 is 2.68. The molecule has 0 bridgehead atoms. The van der Waals surface area contributed by atoms with Crippen molar-refractivity contribution >= 4 is 59.3 Å². The first-order valence-electron chi connectivity index (χ1n) is 16.9. The highest BCUT2D eigenvalue weighted by Crippen LogP contribution is 2.53. The molecular weight excluding hydrogens is 599 g/mol. The first kappa shape index (κ1) is 27.9. The lowest BCUT2D eigenvalue weighted by Crippen LogP contribution is -2.17. The van der Waals surface area contributed by atoms with Gasteiger partial charge in [-0.1, -0.05) is 119 Å². The molecule has 0 saturated heterocycles. The average molecular weight is 634 g/mol. The smallest absolute Gasteiger partial charge is 0.0468 e. The van der Waals surface area contributed by atoms with Gasteiger partial charge in [-0.25, -0.2) is 0 Å². The van der Waals surface area contributed by atoms with E-state index in [0.29, 0.717) is 0 Å². The minimum Gasteiger partial charge on any atom is -0.310 e. The van der Waals surface area contributed by atoms with Crippen LogP contribution in [0.1, 0.15) is 49.9 Å². The predicted molar refractivity (Wildman–Crippen MR) is 207 cm³/mol. The summed E-state index contributed by atoms with van der Waals surface area (Å²) in [7, 11) is 0. The summed E-state index contributed by atoms with van der Waals surface area (Å²) >= 11 is 1.88. The molecule has 0 N–H and O–H groups in total. The Morgan fingerprint density at radius 2 is 1.00 bits per heavy atom. The normalized spacial score (nSPS) is 15.0. The number of rotatable bonds is 3. The van der Waals surface area contributed by atoms with E-state index in [9.17, 15) is 0 Å². The molecule has 0 amide bonds. The molecule has 0 fully saturated rings. The fourth-order valence-corrected chi connectivity index (χ4v) is 9.93. The van der Waals surface area contributed by atoms with Gasteiger partial charge in [-0.2, -0.15) is 0 Å². The van der Waals surface area contributed by atoms with Crippen LogP contribution in [-0.4, -0.2) is 0 Å². The Labute approximate surface area is 285 Å². The number of anilines is 3. The molecule has 48 heavy (non-hydrogen) atoms. The number of hydrogen-bond donors (Lipinski definition) is 0. The van der Waals surface area contributed by atoms with E-state index < -0.39 is 0 Å². The fourth-order valence-electron chi connectivity index (χ4n) is 8.81. The lowest BCUT2D eigenvalue weighted by Gasteiger charge is -2.29. The van der Waals surface area contributed by atoms with Gasteiger partial charge in [0.25, 0.3) is 0 Å². The maximum absolute atomic E-state index is 2.48. The van der Waals surface area contributed by atoms with Crippen molar-refractivity contribution in [2.45, 2.75) is 38.5 Å². The minimum absolute atomic E-state index is 0.0315. The van der Waals surface area contributed by atoms with Crippen LogP contribution in [0.25, 0.3) is 53.2 Å². The molecule has 1 nitrogen and oxygen atoms in total. The molecule has 0 unspecified atom stereocenters. The van der Waals surface area contributed by atoms with Gasteiger partial charge in [-0.15, -0.1) is 11.3 Å². The van der Waals surface area contributed by atoms with Crippen LogP contribution < -0.4 is 4.90 Å². The number of benzene rings is 7. The first-order valence-corrected chi connectivity index (χ1v) is 17.8. The van der Waals surface area contributed by atoms with Crippen molar-refractivity contribution in [2.75, 3.05) is 4.90 Å². The van der Waals surface area contributed by atoms with Crippen LogP contribution in [0.4, 0.5) is 17.1 Å². The predicted octanol–water partition coefficient (Wildman–Crippen LogP) is 13.3. The molecule has 230 valence electrons. The summed E-state index contributed by atoms with van der Waals surface area (Å²) in [5.74, 6) is 0. The number of hydrogen-bond acceptors (Lipinski definition) is 2. The maximum Gasteiger partial charge on any atom is 0.0468 e. The van der Waals surface area contributed by atoms with E-state index >= 15 is 0 Å². The van der Waals surface area contributed by atoms with Crippen LogP contribution in [-0.2, 0) is 10.8 Å². The minimum atomic E-state index is -0.0799. The summed E-state index contributed by atoms with van der Waals surface area (Å²) in [4.78, 5) is 2.48. The van der Waals surface area contributed by atoms with E-state index in [1.807, 2.05) is 11.3 Å². The van der Waals surface area contributed by atoms with Crippen LogP contribution in [0.2, 0.25) is 0 Å². The summed E-state index contributed by atoms with van der Waals surface area (Å²) in [5.41, 5.74) is 14.4. The standard InChI is InChI=1S/C46H35NS/c1-45(2)39-15-9-6-12-34(39)37-26-30(20-23-40(37)45)47(31-19-22-35-33-11-5-8-14-38(33)46(3,4)41(35)27-31)29-18-21-32-28(25-29)17-24-43-44(32)36-13-7-10-16-42(36)48-43/h5-27H,1-4H3. The first-order chi connectivity index (χ1) is 23.3. The van der Waals surface area contributed by atoms with Crippen molar-refractivity contribution < 1.29 is 0 Å². The van der Waals surface area contributed by atoms with E-state index in [0.717, 1.165) is 0 Å². The van der Waals surface area contributed by atoms with E-state index in [-0.39, 0.29) is 10.8 Å². The van der Waals surface area contributed by atoms with Gasteiger partial charge >= 0.3 is 0 Å². The molecule has 0 saturated carbocycles. The van der Waals surface area contributed by atoms with Gasteiger partial charge < -0.3 is 4.90 Å². The molecule has 2 aliphatic rings. The van der Waals surface area contributed by atoms with E-state index in [1.165, 1.54) is 92.5 Å². The number of fused-ring (bicyclic) bond motifs is 11. The Morgan fingerprint density at radius 1 is 0.417 bits per heavy atom. The highest BCUT2D eigenvalue weighted by atomic mass is 32.1. The molecule has 2 heteroatoms. The Balaban J connectivity index is 1.20. The number of nitrogens with zero attached hydrogens (tertiary/aromatic N) is 1. The fraction of sp³-hybridized carbons (Fsp3) is 0.130. The number of thiophene rings is 1. The molecule has 0 aliphatic heterocycles. The lowest BCUT2D eigenvalue weighted by atomic mass is 9.82. The second-order valence-electron chi connectivity index (χ2n) is 14.6.